The molecule has 108 valence electrons. The highest BCUT2D eigenvalue weighted by Crippen LogP contribution is 2.30. The monoisotopic (exact) mass is 287 g/mol. The van der Waals surface area contributed by atoms with Crippen molar-refractivity contribution >= 4 is 21.9 Å². The van der Waals surface area contributed by atoms with Crippen molar-refractivity contribution in [2.45, 2.75) is 19.8 Å². The quantitative estimate of drug-likeness (QED) is 0.467. The van der Waals surface area contributed by atoms with Crippen molar-refractivity contribution in [3.05, 3.63) is 66.2 Å². The summed E-state index contributed by atoms with van der Waals surface area (Å²) >= 11 is 0. The van der Waals surface area contributed by atoms with Crippen LogP contribution in [0.25, 0.3) is 33.3 Å². The van der Waals surface area contributed by atoms with Gasteiger partial charge in [0.1, 0.15) is 5.52 Å². The van der Waals surface area contributed by atoms with Gasteiger partial charge in [0.2, 0.25) is 5.89 Å². The molecule has 3 aromatic carbocycles. The van der Waals surface area contributed by atoms with Crippen LogP contribution in [-0.4, -0.2) is 4.98 Å². The van der Waals surface area contributed by atoms with E-state index in [4.69, 9.17) is 9.40 Å². The summed E-state index contributed by atoms with van der Waals surface area (Å²) in [6.45, 7) is 4.39. The van der Waals surface area contributed by atoms with Gasteiger partial charge < -0.3 is 4.42 Å². The third-order valence-electron chi connectivity index (χ3n) is 4.11. The van der Waals surface area contributed by atoms with Crippen molar-refractivity contribution < 1.29 is 4.42 Å². The molecule has 0 atom stereocenters. The van der Waals surface area contributed by atoms with E-state index in [0.29, 0.717) is 11.8 Å². The molecule has 0 bridgehead atoms. The molecule has 2 heteroatoms. The Morgan fingerprint density at radius 3 is 2.41 bits per heavy atom. The molecule has 22 heavy (non-hydrogen) atoms. The lowest BCUT2D eigenvalue weighted by Crippen LogP contribution is -1.86. The smallest absolute Gasteiger partial charge is 0.227 e. The van der Waals surface area contributed by atoms with Gasteiger partial charge in [0.05, 0.1) is 0 Å². The number of hydrogen-bond acceptors (Lipinski definition) is 2. The summed E-state index contributed by atoms with van der Waals surface area (Å²) in [6.07, 6.45) is 0. The molecule has 1 aromatic heterocycles. The normalized spacial score (nSPS) is 11.6. The molecule has 2 nitrogen and oxygen atoms in total. The van der Waals surface area contributed by atoms with Crippen molar-refractivity contribution in [1.29, 1.82) is 0 Å². The van der Waals surface area contributed by atoms with Crippen LogP contribution in [0.3, 0.4) is 0 Å². The molecule has 0 fully saturated rings. The van der Waals surface area contributed by atoms with E-state index in [1.165, 1.54) is 10.9 Å². The maximum Gasteiger partial charge on any atom is 0.227 e. The molecular formula is C20H17NO. The highest BCUT2D eigenvalue weighted by atomic mass is 16.3. The molecule has 0 saturated carbocycles. The molecule has 4 aromatic rings. The number of rotatable bonds is 2. The molecule has 0 amide bonds. The fourth-order valence-electron chi connectivity index (χ4n) is 2.80. The zero-order chi connectivity index (χ0) is 15.1. The summed E-state index contributed by atoms with van der Waals surface area (Å²) in [5.41, 5.74) is 4.11. The molecule has 0 aliphatic rings. The highest BCUT2D eigenvalue weighted by Gasteiger charge is 2.11. The molecule has 0 radical (unpaired) electrons. The Bertz CT molecular complexity index is 948. The summed E-state index contributed by atoms with van der Waals surface area (Å²) < 4.78 is 5.95. The van der Waals surface area contributed by atoms with Crippen LogP contribution in [0.15, 0.2) is 65.1 Å². The average Bonchev–Trinajstić information content (AvgIpc) is 2.99. The zero-order valence-corrected chi connectivity index (χ0v) is 12.7. The number of hydrogen-bond donors (Lipinski definition) is 0. The minimum atomic E-state index is 0.529. The first-order chi connectivity index (χ1) is 10.7. The van der Waals surface area contributed by atoms with E-state index in [-0.39, 0.29) is 0 Å². The van der Waals surface area contributed by atoms with Gasteiger partial charge in [-0.1, -0.05) is 56.3 Å². The molecule has 0 unspecified atom stereocenters. The van der Waals surface area contributed by atoms with Crippen LogP contribution in [0.2, 0.25) is 0 Å². The van der Waals surface area contributed by atoms with E-state index in [1.807, 2.05) is 18.2 Å². The van der Waals surface area contributed by atoms with Gasteiger partial charge in [-0.25, -0.2) is 4.98 Å². The van der Waals surface area contributed by atoms with Crippen LogP contribution in [0.5, 0.6) is 0 Å². The molecule has 0 aliphatic heterocycles. The predicted octanol–water partition coefficient (Wildman–Crippen LogP) is 5.77. The summed E-state index contributed by atoms with van der Waals surface area (Å²) in [4.78, 5) is 4.72. The fourth-order valence-corrected chi connectivity index (χ4v) is 2.80. The van der Waals surface area contributed by atoms with Gasteiger partial charge in [0.15, 0.2) is 5.58 Å². The van der Waals surface area contributed by atoms with Crippen molar-refractivity contribution in [3.63, 3.8) is 0 Å². The molecule has 1 heterocycles. The van der Waals surface area contributed by atoms with Crippen molar-refractivity contribution in [1.82, 2.24) is 4.98 Å². The van der Waals surface area contributed by atoms with E-state index in [9.17, 15) is 0 Å². The van der Waals surface area contributed by atoms with Crippen LogP contribution in [-0.2, 0) is 0 Å². The van der Waals surface area contributed by atoms with Crippen LogP contribution in [0.4, 0.5) is 0 Å². The number of oxazole rings is 1. The summed E-state index contributed by atoms with van der Waals surface area (Å²) in [5.74, 6) is 1.21. The Morgan fingerprint density at radius 1 is 0.864 bits per heavy atom. The topological polar surface area (TPSA) is 26.0 Å². The summed E-state index contributed by atoms with van der Waals surface area (Å²) in [5, 5.41) is 2.32. The number of aromatic nitrogens is 1. The Balaban J connectivity index is 1.87. The Morgan fingerprint density at radius 2 is 1.64 bits per heavy atom. The first-order valence-electron chi connectivity index (χ1n) is 7.61. The van der Waals surface area contributed by atoms with Gasteiger partial charge >= 0.3 is 0 Å². The van der Waals surface area contributed by atoms with Crippen LogP contribution < -0.4 is 0 Å². The second-order valence-corrected chi connectivity index (χ2v) is 5.93. The Kier molecular flexibility index (Phi) is 2.97. The lowest BCUT2D eigenvalue weighted by molar-refractivity contribution is 0.620. The third-order valence-corrected chi connectivity index (χ3v) is 4.11. The van der Waals surface area contributed by atoms with E-state index < -0.39 is 0 Å². The number of nitrogens with zero attached hydrogens (tertiary/aromatic N) is 1. The minimum Gasteiger partial charge on any atom is -0.436 e. The maximum atomic E-state index is 5.95. The van der Waals surface area contributed by atoms with E-state index in [2.05, 4.69) is 56.3 Å². The Labute approximate surface area is 129 Å². The minimum absolute atomic E-state index is 0.529. The van der Waals surface area contributed by atoms with Gasteiger partial charge in [-0.3, -0.25) is 0 Å². The Hall–Kier alpha value is -2.61. The first-order valence-corrected chi connectivity index (χ1v) is 7.61. The van der Waals surface area contributed by atoms with E-state index in [0.717, 1.165) is 22.0 Å². The second-order valence-electron chi connectivity index (χ2n) is 5.93. The summed E-state index contributed by atoms with van der Waals surface area (Å²) in [6, 6.07) is 20.8. The van der Waals surface area contributed by atoms with Gasteiger partial charge in [-0.15, -0.1) is 0 Å². The van der Waals surface area contributed by atoms with Crippen LogP contribution >= 0.6 is 0 Å². The second kappa shape index (κ2) is 4.99. The zero-order valence-electron chi connectivity index (χ0n) is 12.7. The SMILES string of the molecule is CC(C)c1ccc(-c2nc3c(ccc4ccccc43)o2)cc1. The standard InChI is InChI=1S/C20H17NO/c1-13(2)14-7-9-16(10-8-14)20-21-19-17-6-4-3-5-15(17)11-12-18(19)22-20/h3-13H,1-2H3. The lowest BCUT2D eigenvalue weighted by Gasteiger charge is -2.04. The molecule has 0 saturated heterocycles. The lowest BCUT2D eigenvalue weighted by atomic mass is 10.0. The predicted molar refractivity (Wildman–Crippen MR) is 91.0 cm³/mol. The van der Waals surface area contributed by atoms with Gasteiger partial charge in [-0.05, 0) is 35.1 Å². The molecule has 4 rings (SSSR count). The van der Waals surface area contributed by atoms with Crippen molar-refractivity contribution in [2.24, 2.45) is 0 Å². The average molecular weight is 287 g/mol. The van der Waals surface area contributed by atoms with Crippen molar-refractivity contribution in [3.8, 4) is 11.5 Å². The largest absolute Gasteiger partial charge is 0.436 e. The fraction of sp³-hybridized carbons (Fsp3) is 0.150. The number of fused-ring (bicyclic) bond motifs is 3. The van der Waals surface area contributed by atoms with Crippen LogP contribution in [0.1, 0.15) is 25.3 Å². The summed E-state index contributed by atoms with van der Waals surface area (Å²) in [7, 11) is 0. The highest BCUT2D eigenvalue weighted by molar-refractivity contribution is 6.03. The molecule has 0 N–H and O–H groups in total. The maximum absolute atomic E-state index is 5.95. The molecular weight excluding hydrogens is 270 g/mol. The van der Waals surface area contributed by atoms with Gasteiger partial charge in [0, 0.05) is 10.9 Å². The van der Waals surface area contributed by atoms with Crippen LogP contribution in [0, 0.1) is 0 Å². The molecule has 0 spiro atoms. The number of benzene rings is 3. The van der Waals surface area contributed by atoms with E-state index >= 15 is 0 Å². The van der Waals surface area contributed by atoms with Gasteiger partial charge in [-0.2, -0.15) is 0 Å². The third kappa shape index (κ3) is 2.08. The van der Waals surface area contributed by atoms with Crippen molar-refractivity contribution in [2.75, 3.05) is 0 Å². The molecule has 0 aliphatic carbocycles. The van der Waals surface area contributed by atoms with Gasteiger partial charge in [0.25, 0.3) is 0 Å². The van der Waals surface area contributed by atoms with E-state index in [1.54, 1.807) is 0 Å². The first kappa shape index (κ1) is 13.1.